The van der Waals surface area contributed by atoms with Crippen LogP contribution >= 0.6 is 0 Å². The summed E-state index contributed by atoms with van der Waals surface area (Å²) in [4.78, 5) is 11.8. The maximum absolute atomic E-state index is 13.4. The Bertz CT molecular complexity index is 631. The fourth-order valence-electron chi connectivity index (χ4n) is 2.25. The number of nitrogens with one attached hydrogen (secondary N) is 1. The molecule has 0 bridgehead atoms. The third-order valence-electron chi connectivity index (χ3n) is 3.51. The Kier molecular flexibility index (Phi) is 3.16. The molecule has 1 unspecified atom stereocenters. The standard InChI is InChI=1S/C12H12F3N5O/c1-7-4-17-8(18-5-7)9-19-10(21-20-9)11(12(13,14)15)2-3-16-6-11/h4-5,16H,2-3,6H2,1H3. The molecule has 3 heterocycles. The van der Waals surface area contributed by atoms with Gasteiger partial charge in [-0.1, -0.05) is 5.16 Å². The minimum atomic E-state index is -4.46. The SMILES string of the molecule is Cc1cnc(-c2noc(C3(C(F)(F)F)CCNC3)n2)nc1. The van der Waals surface area contributed by atoms with Gasteiger partial charge in [-0.3, -0.25) is 0 Å². The maximum atomic E-state index is 13.4. The largest absolute Gasteiger partial charge is 0.404 e. The molecule has 2 aromatic heterocycles. The van der Waals surface area contributed by atoms with Gasteiger partial charge in [-0.25, -0.2) is 9.97 Å². The molecule has 1 saturated heterocycles. The van der Waals surface area contributed by atoms with Crippen molar-refractivity contribution >= 4 is 0 Å². The molecule has 1 aliphatic rings. The molecule has 1 fully saturated rings. The average Bonchev–Trinajstić information content (AvgIpc) is 3.08. The van der Waals surface area contributed by atoms with Crippen LogP contribution in [0.25, 0.3) is 11.6 Å². The zero-order valence-electron chi connectivity index (χ0n) is 11.1. The molecule has 21 heavy (non-hydrogen) atoms. The molecule has 0 radical (unpaired) electrons. The Morgan fingerprint density at radius 1 is 1.24 bits per heavy atom. The van der Waals surface area contributed by atoms with Crippen LogP contribution in [0.2, 0.25) is 0 Å². The number of hydrogen-bond acceptors (Lipinski definition) is 6. The Balaban J connectivity index is 1.99. The molecular weight excluding hydrogens is 287 g/mol. The minimum Gasteiger partial charge on any atom is -0.338 e. The molecule has 9 heteroatoms. The number of alkyl halides is 3. The van der Waals surface area contributed by atoms with Gasteiger partial charge < -0.3 is 9.84 Å². The molecule has 0 aliphatic carbocycles. The molecule has 1 N–H and O–H groups in total. The van der Waals surface area contributed by atoms with Crippen molar-refractivity contribution in [2.45, 2.75) is 24.9 Å². The van der Waals surface area contributed by atoms with E-state index in [9.17, 15) is 13.2 Å². The topological polar surface area (TPSA) is 76.7 Å². The van der Waals surface area contributed by atoms with Crippen LogP contribution in [0.4, 0.5) is 13.2 Å². The molecule has 3 rings (SSSR count). The maximum Gasteiger partial charge on any atom is 0.404 e. The van der Waals surface area contributed by atoms with Gasteiger partial charge in [-0.2, -0.15) is 18.2 Å². The normalized spacial score (nSPS) is 22.7. The first-order chi connectivity index (χ1) is 9.92. The first kappa shape index (κ1) is 13.9. The molecule has 6 nitrogen and oxygen atoms in total. The third kappa shape index (κ3) is 2.27. The van der Waals surface area contributed by atoms with Crippen LogP contribution in [-0.4, -0.2) is 39.4 Å². The van der Waals surface area contributed by atoms with E-state index in [1.165, 1.54) is 12.4 Å². The van der Waals surface area contributed by atoms with Gasteiger partial charge in [-0.15, -0.1) is 0 Å². The smallest absolute Gasteiger partial charge is 0.338 e. The minimum absolute atomic E-state index is 0.0412. The van der Waals surface area contributed by atoms with E-state index < -0.39 is 17.5 Å². The van der Waals surface area contributed by atoms with Crippen molar-refractivity contribution in [1.82, 2.24) is 25.4 Å². The van der Waals surface area contributed by atoms with E-state index in [-0.39, 0.29) is 31.2 Å². The number of halogens is 3. The summed E-state index contributed by atoms with van der Waals surface area (Å²) in [5, 5.41) is 6.28. The lowest BCUT2D eigenvalue weighted by Gasteiger charge is -2.26. The molecule has 1 aliphatic heterocycles. The van der Waals surface area contributed by atoms with E-state index >= 15 is 0 Å². The Morgan fingerprint density at radius 3 is 2.52 bits per heavy atom. The highest BCUT2D eigenvalue weighted by molar-refractivity contribution is 5.41. The van der Waals surface area contributed by atoms with Crippen LogP contribution in [0.15, 0.2) is 16.9 Å². The molecule has 0 aromatic carbocycles. The molecule has 2 aromatic rings. The Morgan fingerprint density at radius 2 is 1.95 bits per heavy atom. The predicted octanol–water partition coefficient (Wildman–Crippen LogP) is 1.63. The summed E-state index contributed by atoms with van der Waals surface area (Å²) < 4.78 is 45.0. The molecule has 1 atom stereocenters. The predicted molar refractivity (Wildman–Crippen MR) is 65.3 cm³/mol. The van der Waals surface area contributed by atoms with Crippen molar-refractivity contribution in [3.8, 4) is 11.6 Å². The van der Waals surface area contributed by atoms with Crippen molar-refractivity contribution in [3.05, 3.63) is 23.8 Å². The first-order valence-electron chi connectivity index (χ1n) is 6.33. The van der Waals surface area contributed by atoms with Crippen LogP contribution in [0, 0.1) is 6.92 Å². The summed E-state index contributed by atoms with van der Waals surface area (Å²) in [6.45, 7) is 1.78. The molecule has 0 spiro atoms. The molecule has 0 saturated carbocycles. The van der Waals surface area contributed by atoms with E-state index in [4.69, 9.17) is 4.52 Å². The summed E-state index contributed by atoms with van der Waals surface area (Å²) in [6.07, 6.45) is -1.52. The lowest BCUT2D eigenvalue weighted by atomic mass is 9.86. The van der Waals surface area contributed by atoms with Crippen molar-refractivity contribution < 1.29 is 17.7 Å². The van der Waals surface area contributed by atoms with Gasteiger partial charge >= 0.3 is 6.18 Å². The number of hydrogen-bond donors (Lipinski definition) is 1. The van der Waals surface area contributed by atoms with E-state index in [2.05, 4.69) is 25.4 Å². The fraction of sp³-hybridized carbons (Fsp3) is 0.500. The molecule has 112 valence electrons. The number of aromatic nitrogens is 4. The highest BCUT2D eigenvalue weighted by Crippen LogP contribution is 2.44. The number of aryl methyl sites for hydroxylation is 1. The average molecular weight is 299 g/mol. The lowest BCUT2D eigenvalue weighted by molar-refractivity contribution is -0.191. The second-order valence-electron chi connectivity index (χ2n) is 5.01. The number of rotatable bonds is 2. The van der Waals surface area contributed by atoms with Gasteiger partial charge in [0.05, 0.1) is 0 Å². The van der Waals surface area contributed by atoms with E-state index in [0.29, 0.717) is 0 Å². The van der Waals surface area contributed by atoms with Gasteiger partial charge in [0.25, 0.3) is 0 Å². The van der Waals surface area contributed by atoms with Gasteiger partial charge in [0.15, 0.2) is 5.41 Å². The van der Waals surface area contributed by atoms with E-state index in [1.54, 1.807) is 6.92 Å². The summed E-state index contributed by atoms with van der Waals surface area (Å²) in [5.41, 5.74) is -1.31. The monoisotopic (exact) mass is 299 g/mol. The summed E-state index contributed by atoms with van der Waals surface area (Å²) in [5.74, 6) is -0.349. The van der Waals surface area contributed by atoms with E-state index in [1.807, 2.05) is 0 Å². The van der Waals surface area contributed by atoms with Crippen LogP contribution < -0.4 is 5.32 Å². The lowest BCUT2D eigenvalue weighted by Crippen LogP contribution is -2.44. The van der Waals surface area contributed by atoms with Gasteiger partial charge in [-0.05, 0) is 25.5 Å². The summed E-state index contributed by atoms with van der Waals surface area (Å²) in [7, 11) is 0. The highest BCUT2D eigenvalue weighted by Gasteiger charge is 2.61. The summed E-state index contributed by atoms with van der Waals surface area (Å²) >= 11 is 0. The second-order valence-corrected chi connectivity index (χ2v) is 5.01. The first-order valence-corrected chi connectivity index (χ1v) is 6.33. The van der Waals surface area contributed by atoms with Gasteiger partial charge in [0.1, 0.15) is 0 Å². The van der Waals surface area contributed by atoms with E-state index in [0.717, 1.165) is 5.56 Å². The van der Waals surface area contributed by atoms with Crippen molar-refractivity contribution in [2.75, 3.05) is 13.1 Å². The number of nitrogens with zero attached hydrogens (tertiary/aromatic N) is 4. The fourth-order valence-corrected chi connectivity index (χ4v) is 2.25. The third-order valence-corrected chi connectivity index (χ3v) is 3.51. The van der Waals surface area contributed by atoms with Crippen LogP contribution in [0.1, 0.15) is 17.9 Å². The van der Waals surface area contributed by atoms with Crippen molar-refractivity contribution in [2.24, 2.45) is 0 Å². The van der Waals surface area contributed by atoms with Crippen LogP contribution in [0.3, 0.4) is 0 Å². The second kappa shape index (κ2) is 4.76. The molecule has 0 amide bonds. The molecular formula is C12H12F3N5O. The zero-order chi connectivity index (χ0) is 15.1. The van der Waals surface area contributed by atoms with Crippen LogP contribution in [0.5, 0.6) is 0 Å². The quantitative estimate of drug-likeness (QED) is 0.908. The Hall–Kier alpha value is -2.03. The Labute approximate surface area is 117 Å². The highest BCUT2D eigenvalue weighted by atomic mass is 19.4. The van der Waals surface area contributed by atoms with Crippen molar-refractivity contribution in [3.63, 3.8) is 0 Å². The van der Waals surface area contributed by atoms with Gasteiger partial charge in [0.2, 0.25) is 17.5 Å². The summed E-state index contributed by atoms with van der Waals surface area (Å²) in [6, 6.07) is 0. The van der Waals surface area contributed by atoms with Crippen LogP contribution in [-0.2, 0) is 5.41 Å². The zero-order valence-corrected chi connectivity index (χ0v) is 11.1. The van der Waals surface area contributed by atoms with Crippen molar-refractivity contribution in [1.29, 1.82) is 0 Å². The van der Waals surface area contributed by atoms with Gasteiger partial charge in [0, 0.05) is 18.9 Å².